The van der Waals surface area contributed by atoms with Crippen LogP contribution in [0.2, 0.25) is 0 Å². The molecule has 3 fully saturated rings. The van der Waals surface area contributed by atoms with E-state index in [0.29, 0.717) is 0 Å². The minimum Gasteiger partial charge on any atom is -0.465 e. The average molecular weight is 884 g/mol. The molecule has 12 atom stereocenters. The Morgan fingerprint density at radius 1 is 0.746 bits per heavy atom. The molecule has 0 radical (unpaired) electrons. The van der Waals surface area contributed by atoms with E-state index in [1.807, 2.05) is 0 Å². The van der Waals surface area contributed by atoms with Gasteiger partial charge in [0.1, 0.15) is 42.0 Å². The first-order valence-corrected chi connectivity index (χ1v) is 20.0. The van der Waals surface area contributed by atoms with Crippen molar-refractivity contribution in [2.45, 2.75) is 127 Å². The van der Waals surface area contributed by atoms with Gasteiger partial charge in [0.2, 0.25) is 0 Å². The Kier molecular flexibility index (Phi) is 12.5. The molecule has 2 aliphatic carbocycles. The van der Waals surface area contributed by atoms with Crippen LogP contribution in [0.4, 0.5) is 0 Å². The minimum absolute atomic E-state index is 0.0847. The Morgan fingerprint density at radius 3 is 1.92 bits per heavy atom. The van der Waals surface area contributed by atoms with Crippen LogP contribution in [0.15, 0.2) is 48.7 Å². The summed E-state index contributed by atoms with van der Waals surface area (Å²) in [5, 5.41) is 25.4. The number of carbonyl (C=O) groups is 8. The molecule has 3 heterocycles. The fourth-order valence-corrected chi connectivity index (χ4v) is 9.73. The number of aryl methyl sites for hydroxylation is 1. The van der Waals surface area contributed by atoms with E-state index in [1.54, 1.807) is 6.07 Å². The molecule has 1 saturated heterocycles. The number of aromatic nitrogens is 1. The Morgan fingerprint density at radius 2 is 1.33 bits per heavy atom. The molecule has 2 N–H and O–H groups in total. The molecule has 63 heavy (non-hydrogen) atoms. The molecule has 1 spiro atoms. The van der Waals surface area contributed by atoms with Crippen LogP contribution in [0.5, 0.6) is 0 Å². The van der Waals surface area contributed by atoms with Crippen LogP contribution < -0.4 is 0 Å². The fourth-order valence-electron chi connectivity index (χ4n) is 9.73. The maximum Gasteiger partial charge on any atom is 0.340 e. The number of fused-ring (bicyclic) bond motifs is 5. The quantitative estimate of drug-likeness (QED) is 0.279. The van der Waals surface area contributed by atoms with E-state index in [1.165, 1.54) is 49.5 Å². The first-order chi connectivity index (χ1) is 29.4. The Balaban J connectivity index is 1.79. The van der Waals surface area contributed by atoms with E-state index < -0.39 is 138 Å². The predicted molar refractivity (Wildman–Crippen MR) is 207 cm³/mol. The second-order valence-electron chi connectivity index (χ2n) is 16.7. The summed E-state index contributed by atoms with van der Waals surface area (Å²) in [6.45, 7) is 6.37. The highest BCUT2D eigenvalue weighted by molar-refractivity contribution is 5.91. The zero-order valence-corrected chi connectivity index (χ0v) is 35.8. The Bertz CT molecular complexity index is 2190. The molecular formula is C43H49NO19. The number of cyclic esters (lactones) is 1. The maximum atomic E-state index is 14.5. The number of hydrogen-bond acceptors (Lipinski definition) is 20. The second kappa shape index (κ2) is 16.9. The van der Waals surface area contributed by atoms with E-state index in [9.17, 15) is 48.6 Å². The lowest BCUT2D eigenvalue weighted by atomic mass is 9.45. The van der Waals surface area contributed by atoms with Crippen molar-refractivity contribution in [3.63, 3.8) is 0 Å². The van der Waals surface area contributed by atoms with Gasteiger partial charge in [0.05, 0.1) is 22.7 Å². The van der Waals surface area contributed by atoms with E-state index in [0.717, 1.165) is 48.5 Å². The third-order valence-electron chi connectivity index (χ3n) is 12.2. The van der Waals surface area contributed by atoms with Gasteiger partial charge < -0.3 is 52.8 Å². The zero-order valence-electron chi connectivity index (χ0n) is 35.8. The molecule has 1 aromatic carbocycles. The largest absolute Gasteiger partial charge is 0.465 e. The molecule has 2 aliphatic heterocycles. The van der Waals surface area contributed by atoms with Crippen LogP contribution in [-0.4, -0.2) is 135 Å². The van der Waals surface area contributed by atoms with Gasteiger partial charge >= 0.3 is 47.8 Å². The van der Waals surface area contributed by atoms with Crippen molar-refractivity contribution in [1.29, 1.82) is 0 Å². The Hall–Kier alpha value is -5.99. The summed E-state index contributed by atoms with van der Waals surface area (Å²) in [5.41, 5.74) is -13.3. The Labute approximate surface area is 360 Å². The number of hydrogen-bond donors (Lipinski definition) is 2. The smallest absolute Gasteiger partial charge is 0.340 e. The van der Waals surface area contributed by atoms with Crippen LogP contribution in [0.3, 0.4) is 0 Å². The highest BCUT2D eigenvalue weighted by atomic mass is 16.7. The van der Waals surface area contributed by atoms with Crippen LogP contribution in [-0.2, 0) is 77.8 Å². The average Bonchev–Trinajstić information content (AvgIpc) is 3.42. The number of nitrogens with zero attached hydrogens (tertiary/aromatic N) is 1. The van der Waals surface area contributed by atoms with Crippen LogP contribution in [0.25, 0.3) is 0 Å². The predicted octanol–water partition coefficient (Wildman–Crippen LogP) is 1.27. The van der Waals surface area contributed by atoms with Crippen molar-refractivity contribution in [3.8, 4) is 0 Å². The SMILES string of the molecule is CC(=O)OC[C@]12[C@H](OC(C)=O)[C@H](OC(C)=O)[C@@H]3[C@@H](OC(C)=O)[C@@]14O[C@@]3(C)COC(=O)c1cccnc1CC[C@](C)(O)C(=O)O[C@@H]([C@H](OC(=O)c1ccccc1)[C@@H]2OC(C)=O)[C@]4(C)O. The topological polar surface area (TPSA) is 273 Å². The van der Waals surface area contributed by atoms with Crippen molar-refractivity contribution < 1.29 is 91.2 Å². The lowest BCUT2D eigenvalue weighted by molar-refractivity contribution is -0.386. The summed E-state index contributed by atoms with van der Waals surface area (Å²) >= 11 is 0. The number of pyridine rings is 1. The molecule has 20 nitrogen and oxygen atoms in total. The summed E-state index contributed by atoms with van der Waals surface area (Å²) in [6, 6.07) is 10.1. The van der Waals surface area contributed by atoms with Crippen LogP contribution in [0, 0.1) is 11.3 Å². The number of aliphatic hydroxyl groups is 2. The van der Waals surface area contributed by atoms with Gasteiger partial charge in [0.25, 0.3) is 0 Å². The van der Waals surface area contributed by atoms with Crippen molar-refractivity contribution >= 4 is 47.8 Å². The third kappa shape index (κ3) is 7.99. The summed E-state index contributed by atoms with van der Waals surface area (Å²) in [7, 11) is 0. The van der Waals surface area contributed by atoms with E-state index in [-0.39, 0.29) is 23.2 Å². The van der Waals surface area contributed by atoms with Gasteiger partial charge in [0.15, 0.2) is 35.6 Å². The van der Waals surface area contributed by atoms with Gasteiger partial charge in [-0.2, -0.15) is 0 Å². The summed E-state index contributed by atoms with van der Waals surface area (Å²) in [4.78, 5) is 113. The first kappa shape index (κ1) is 46.5. The van der Waals surface area contributed by atoms with Crippen LogP contribution in [0.1, 0.15) is 88.2 Å². The second-order valence-corrected chi connectivity index (χ2v) is 16.7. The maximum absolute atomic E-state index is 14.5. The monoisotopic (exact) mass is 883 g/mol. The minimum atomic E-state index is -2.98. The lowest BCUT2D eigenvalue weighted by Gasteiger charge is -2.67. The molecule has 20 heteroatoms. The van der Waals surface area contributed by atoms with E-state index in [4.69, 9.17) is 42.6 Å². The van der Waals surface area contributed by atoms with Gasteiger partial charge in [0, 0.05) is 40.8 Å². The number of carbonyl (C=O) groups excluding carboxylic acids is 8. The number of benzene rings is 1. The van der Waals surface area contributed by atoms with E-state index >= 15 is 0 Å². The van der Waals surface area contributed by atoms with Crippen LogP contribution >= 0.6 is 0 Å². The lowest BCUT2D eigenvalue weighted by Crippen LogP contribution is -2.89. The first-order valence-electron chi connectivity index (χ1n) is 20.0. The number of esters is 8. The van der Waals surface area contributed by atoms with Gasteiger partial charge in [-0.15, -0.1) is 0 Å². The highest BCUT2D eigenvalue weighted by Crippen LogP contribution is 2.70. The normalized spacial score (nSPS) is 35.8. The molecule has 2 aromatic rings. The van der Waals surface area contributed by atoms with Crippen molar-refractivity contribution in [2.24, 2.45) is 11.3 Å². The summed E-state index contributed by atoms with van der Waals surface area (Å²) < 4.78 is 54.9. The molecule has 6 rings (SSSR count). The molecule has 2 saturated carbocycles. The van der Waals surface area contributed by atoms with Crippen molar-refractivity contribution in [1.82, 2.24) is 4.98 Å². The number of ether oxygens (including phenoxy) is 9. The fraction of sp³-hybridized carbons (Fsp3) is 0.558. The molecule has 0 unspecified atom stereocenters. The van der Waals surface area contributed by atoms with E-state index in [2.05, 4.69) is 4.98 Å². The molecular weight excluding hydrogens is 834 g/mol. The third-order valence-corrected chi connectivity index (χ3v) is 12.2. The van der Waals surface area contributed by atoms with Gasteiger partial charge in [-0.05, 0) is 57.9 Å². The van der Waals surface area contributed by atoms with Gasteiger partial charge in [-0.3, -0.25) is 29.0 Å². The van der Waals surface area contributed by atoms with Gasteiger partial charge in [-0.1, -0.05) is 18.2 Å². The highest BCUT2D eigenvalue weighted by Gasteiger charge is 2.92. The molecule has 4 aliphatic rings. The number of rotatable bonds is 8. The zero-order chi connectivity index (χ0) is 46.4. The summed E-state index contributed by atoms with van der Waals surface area (Å²) in [5.74, 6) is -10.5. The van der Waals surface area contributed by atoms with Crippen molar-refractivity contribution in [3.05, 3.63) is 65.5 Å². The molecule has 1 aromatic heterocycles. The summed E-state index contributed by atoms with van der Waals surface area (Å²) in [6.07, 6.45) is -12.0. The van der Waals surface area contributed by atoms with Gasteiger partial charge in [-0.25, -0.2) is 14.4 Å². The van der Waals surface area contributed by atoms with Crippen molar-refractivity contribution in [2.75, 3.05) is 13.2 Å². The molecule has 4 bridgehead atoms. The molecule has 0 amide bonds. The molecule has 340 valence electrons. The standard InChI is InChI=1S/C43H49NO19/c1-21(45)55-20-42-34(59-24(4)48)30(57-22(2)46)29-32(58-23(3)47)43(42)41(8,54)33(31(35(42)60-25(5)49)61-36(50)26-13-10-9-11-14-26)62-38(52)39(6,53)17-16-28-27(15-12-18-44-28)37(51)56-19-40(29,7)63-43/h9-15,18,29-35,53-54H,16-17,19-20H2,1-8H3/t29-,30-,31+,32-,33+,34-,35+,39+,40+,41+,42-,43+/m1/s1.